The molecule has 2 rings (SSSR count). The van der Waals surface area contributed by atoms with Crippen LogP contribution in [0, 0.1) is 0 Å². The number of aliphatic carboxylic acids is 1. The van der Waals surface area contributed by atoms with Crippen LogP contribution in [0.3, 0.4) is 0 Å². The predicted molar refractivity (Wildman–Crippen MR) is 68.9 cm³/mol. The number of ether oxygens (including phenoxy) is 1. The van der Waals surface area contributed by atoms with Gasteiger partial charge < -0.3 is 9.84 Å². The number of hydrogen-bond acceptors (Lipinski definition) is 3. The molecule has 1 heterocycles. The molecule has 0 saturated carbocycles. The number of piperidine rings is 1. The zero-order valence-electron chi connectivity index (χ0n) is 10.9. The Morgan fingerprint density at radius 2 is 2.00 bits per heavy atom. The summed E-state index contributed by atoms with van der Waals surface area (Å²) >= 11 is 0. The minimum absolute atomic E-state index is 0.0411. The first-order chi connectivity index (χ1) is 9.58. The summed E-state index contributed by atoms with van der Waals surface area (Å²) in [5, 5.41) is 9.06. The summed E-state index contributed by atoms with van der Waals surface area (Å²) in [5.41, 5.74) is 0.793. The number of benzene rings is 1. The molecule has 108 valence electrons. The Morgan fingerprint density at radius 1 is 1.30 bits per heavy atom. The van der Waals surface area contributed by atoms with E-state index < -0.39 is 24.3 Å². The first-order valence-electron chi connectivity index (χ1n) is 6.42. The molecule has 1 aliphatic rings. The van der Waals surface area contributed by atoms with Gasteiger partial charge >= 0.3 is 12.1 Å². The van der Waals surface area contributed by atoms with Crippen molar-refractivity contribution in [1.29, 1.82) is 0 Å². The molecule has 0 bridgehead atoms. The maximum atomic E-state index is 13.4. The predicted octanol–water partition coefficient (Wildman–Crippen LogP) is 2.21. The van der Waals surface area contributed by atoms with E-state index >= 15 is 0 Å². The Bertz CT molecular complexity index is 479. The smallest absolute Gasteiger partial charge is 0.410 e. The van der Waals surface area contributed by atoms with Gasteiger partial charge in [-0.05, 0) is 18.4 Å². The van der Waals surface area contributed by atoms with Gasteiger partial charge in [-0.3, -0.25) is 4.90 Å². The van der Waals surface area contributed by atoms with Crippen molar-refractivity contribution in [3.63, 3.8) is 0 Å². The summed E-state index contributed by atoms with van der Waals surface area (Å²) in [6, 6.07) is 8.02. The van der Waals surface area contributed by atoms with Gasteiger partial charge in [-0.2, -0.15) is 0 Å². The SMILES string of the molecule is O=C(O)[C@H]1CC[C@H](F)CN1C(=O)OCc1ccccc1. The van der Waals surface area contributed by atoms with Crippen molar-refractivity contribution < 1.29 is 23.8 Å². The topological polar surface area (TPSA) is 66.8 Å². The zero-order chi connectivity index (χ0) is 14.5. The second-order valence-corrected chi connectivity index (χ2v) is 4.72. The molecule has 0 radical (unpaired) electrons. The summed E-state index contributed by atoms with van der Waals surface area (Å²) in [5.74, 6) is -1.13. The van der Waals surface area contributed by atoms with Crippen LogP contribution in [0.2, 0.25) is 0 Å². The van der Waals surface area contributed by atoms with Crippen molar-refractivity contribution in [1.82, 2.24) is 4.90 Å². The van der Waals surface area contributed by atoms with Crippen LogP contribution in [0.4, 0.5) is 9.18 Å². The molecule has 0 spiro atoms. The van der Waals surface area contributed by atoms with Crippen LogP contribution in [0.1, 0.15) is 18.4 Å². The van der Waals surface area contributed by atoms with E-state index in [1.54, 1.807) is 12.1 Å². The lowest BCUT2D eigenvalue weighted by atomic mass is 10.0. The molecule has 1 saturated heterocycles. The number of carboxylic acids is 1. The highest BCUT2D eigenvalue weighted by atomic mass is 19.1. The van der Waals surface area contributed by atoms with Crippen molar-refractivity contribution in [3.05, 3.63) is 35.9 Å². The number of halogens is 1. The maximum Gasteiger partial charge on any atom is 0.410 e. The maximum absolute atomic E-state index is 13.4. The molecule has 5 nitrogen and oxygen atoms in total. The fourth-order valence-corrected chi connectivity index (χ4v) is 2.19. The van der Waals surface area contributed by atoms with Crippen molar-refractivity contribution >= 4 is 12.1 Å². The molecule has 2 atom stereocenters. The monoisotopic (exact) mass is 281 g/mol. The zero-order valence-corrected chi connectivity index (χ0v) is 10.9. The van der Waals surface area contributed by atoms with Gasteiger partial charge in [0.15, 0.2) is 0 Å². The quantitative estimate of drug-likeness (QED) is 0.922. The number of amides is 1. The summed E-state index contributed by atoms with van der Waals surface area (Å²) in [7, 11) is 0. The highest BCUT2D eigenvalue weighted by Crippen LogP contribution is 2.21. The first kappa shape index (κ1) is 14.3. The number of hydrogen-bond donors (Lipinski definition) is 1. The van der Waals surface area contributed by atoms with Crippen LogP contribution in [-0.4, -0.2) is 40.8 Å². The average molecular weight is 281 g/mol. The van der Waals surface area contributed by atoms with E-state index in [4.69, 9.17) is 9.84 Å². The lowest BCUT2D eigenvalue weighted by molar-refractivity contribution is -0.144. The standard InChI is InChI=1S/C14H16FNO4/c15-11-6-7-12(13(17)18)16(8-11)14(19)20-9-10-4-2-1-3-5-10/h1-5,11-12H,6-9H2,(H,17,18)/t11-,12+/m0/s1. The summed E-state index contributed by atoms with van der Waals surface area (Å²) in [6.45, 7) is -0.190. The van der Waals surface area contributed by atoms with Gasteiger partial charge in [0.25, 0.3) is 0 Å². The molecular weight excluding hydrogens is 265 g/mol. The molecule has 1 aromatic rings. The van der Waals surface area contributed by atoms with Crippen LogP contribution in [-0.2, 0) is 16.1 Å². The number of carboxylic acid groups (broad SMARTS) is 1. The van der Waals surface area contributed by atoms with Crippen LogP contribution >= 0.6 is 0 Å². The molecule has 1 aromatic carbocycles. The molecule has 1 fully saturated rings. The van der Waals surface area contributed by atoms with E-state index in [2.05, 4.69) is 0 Å². The normalized spacial score (nSPS) is 22.4. The third-order valence-electron chi connectivity index (χ3n) is 3.25. The van der Waals surface area contributed by atoms with Gasteiger partial charge in [-0.15, -0.1) is 0 Å². The average Bonchev–Trinajstić information content (AvgIpc) is 2.45. The molecule has 20 heavy (non-hydrogen) atoms. The minimum atomic E-state index is -1.20. The van der Waals surface area contributed by atoms with Crippen molar-refractivity contribution in [2.45, 2.75) is 31.7 Å². The summed E-state index contributed by atoms with van der Waals surface area (Å²) in [4.78, 5) is 23.9. The Balaban J connectivity index is 1.97. The summed E-state index contributed by atoms with van der Waals surface area (Å²) in [6.07, 6.45) is -1.73. The number of nitrogens with zero attached hydrogens (tertiary/aromatic N) is 1. The van der Waals surface area contributed by atoms with E-state index in [1.807, 2.05) is 18.2 Å². The van der Waals surface area contributed by atoms with Crippen LogP contribution < -0.4 is 0 Å². The van der Waals surface area contributed by atoms with E-state index in [1.165, 1.54) is 0 Å². The van der Waals surface area contributed by atoms with Crippen molar-refractivity contribution in [3.8, 4) is 0 Å². The molecule has 6 heteroatoms. The van der Waals surface area contributed by atoms with Crippen LogP contribution in [0.25, 0.3) is 0 Å². The van der Waals surface area contributed by atoms with E-state index in [-0.39, 0.29) is 26.0 Å². The van der Waals surface area contributed by atoms with E-state index in [0.717, 1.165) is 10.5 Å². The fraction of sp³-hybridized carbons (Fsp3) is 0.429. The van der Waals surface area contributed by atoms with E-state index in [0.29, 0.717) is 0 Å². The Morgan fingerprint density at radius 3 is 2.65 bits per heavy atom. The first-order valence-corrected chi connectivity index (χ1v) is 6.42. The van der Waals surface area contributed by atoms with E-state index in [9.17, 15) is 14.0 Å². The molecular formula is C14H16FNO4. The number of likely N-dealkylation sites (tertiary alicyclic amines) is 1. The lowest BCUT2D eigenvalue weighted by Crippen LogP contribution is -2.51. The highest BCUT2D eigenvalue weighted by Gasteiger charge is 2.36. The van der Waals surface area contributed by atoms with Crippen LogP contribution in [0.5, 0.6) is 0 Å². The second-order valence-electron chi connectivity index (χ2n) is 4.72. The third kappa shape index (κ3) is 3.46. The highest BCUT2D eigenvalue weighted by molar-refractivity contribution is 5.80. The third-order valence-corrected chi connectivity index (χ3v) is 3.25. The molecule has 0 aromatic heterocycles. The van der Waals surface area contributed by atoms with Gasteiger partial charge in [-0.25, -0.2) is 14.0 Å². The minimum Gasteiger partial charge on any atom is -0.480 e. The Kier molecular flexibility index (Phi) is 4.55. The molecule has 1 aliphatic heterocycles. The second kappa shape index (κ2) is 6.36. The molecule has 0 unspecified atom stereocenters. The van der Waals surface area contributed by atoms with Crippen molar-refractivity contribution in [2.75, 3.05) is 6.54 Å². The molecule has 1 amide bonds. The van der Waals surface area contributed by atoms with Gasteiger partial charge in [0.05, 0.1) is 6.54 Å². The van der Waals surface area contributed by atoms with Gasteiger partial charge in [-0.1, -0.05) is 30.3 Å². The molecule has 0 aliphatic carbocycles. The Hall–Kier alpha value is -2.11. The van der Waals surface area contributed by atoms with Gasteiger partial charge in [0, 0.05) is 0 Å². The largest absolute Gasteiger partial charge is 0.480 e. The van der Waals surface area contributed by atoms with Crippen molar-refractivity contribution in [2.24, 2.45) is 0 Å². The number of rotatable bonds is 3. The molecule has 1 N–H and O–H groups in total. The number of carbonyl (C=O) groups excluding carboxylic acids is 1. The van der Waals surface area contributed by atoms with Crippen LogP contribution in [0.15, 0.2) is 30.3 Å². The number of carbonyl (C=O) groups is 2. The van der Waals surface area contributed by atoms with Gasteiger partial charge in [0.2, 0.25) is 0 Å². The number of alkyl halides is 1. The lowest BCUT2D eigenvalue weighted by Gasteiger charge is -2.33. The summed E-state index contributed by atoms with van der Waals surface area (Å²) < 4.78 is 18.4. The Labute approximate surface area is 116 Å². The fourth-order valence-electron chi connectivity index (χ4n) is 2.19. The van der Waals surface area contributed by atoms with Gasteiger partial charge in [0.1, 0.15) is 18.8 Å².